The first-order chi connectivity index (χ1) is 15.0. The largest absolute Gasteiger partial charge is 0.361 e. The first-order valence-electron chi connectivity index (χ1n) is 11.2. The number of carbonyl (C=O) groups excluding carboxylic acids is 3. The molecule has 3 N–H and O–H groups in total. The summed E-state index contributed by atoms with van der Waals surface area (Å²) in [6.45, 7) is 3.72. The number of rotatable bonds is 7. The third-order valence-electron chi connectivity index (χ3n) is 6.09. The van der Waals surface area contributed by atoms with Crippen molar-refractivity contribution in [2.45, 2.75) is 51.1 Å². The van der Waals surface area contributed by atoms with Gasteiger partial charge in [-0.05, 0) is 44.2 Å². The molecule has 2 heterocycles. The van der Waals surface area contributed by atoms with Crippen LogP contribution in [0.25, 0.3) is 10.9 Å². The van der Waals surface area contributed by atoms with Crippen LogP contribution in [-0.4, -0.2) is 70.9 Å². The van der Waals surface area contributed by atoms with E-state index in [-0.39, 0.29) is 23.9 Å². The Labute approximate surface area is 182 Å². The van der Waals surface area contributed by atoms with E-state index in [2.05, 4.69) is 27.8 Å². The number of carbonyl (C=O) groups is 3. The highest BCUT2D eigenvalue weighted by molar-refractivity contribution is 5.87. The number of H-pyrrole nitrogens is 1. The average Bonchev–Trinajstić information content (AvgIpc) is 3.51. The summed E-state index contributed by atoms with van der Waals surface area (Å²) in [5, 5.41) is 6.87. The Morgan fingerprint density at radius 2 is 1.81 bits per heavy atom. The summed E-state index contributed by atoms with van der Waals surface area (Å²) in [4.78, 5) is 43.8. The number of hydrogen-bond donors (Lipinski definition) is 3. The average molecular weight is 426 g/mol. The Balaban J connectivity index is 1.17. The number of hydrogen-bond acceptors (Lipinski definition) is 3. The van der Waals surface area contributed by atoms with E-state index < -0.39 is 6.04 Å². The molecule has 0 bridgehead atoms. The van der Waals surface area contributed by atoms with Crippen LogP contribution in [0.15, 0.2) is 30.5 Å². The molecule has 1 aliphatic heterocycles. The van der Waals surface area contributed by atoms with Crippen LogP contribution in [0.5, 0.6) is 0 Å². The number of aryl methyl sites for hydroxylation is 1. The van der Waals surface area contributed by atoms with Crippen molar-refractivity contribution in [2.24, 2.45) is 0 Å². The molecule has 0 unspecified atom stereocenters. The van der Waals surface area contributed by atoms with E-state index in [1.807, 2.05) is 23.2 Å². The van der Waals surface area contributed by atoms with Gasteiger partial charge in [0.1, 0.15) is 6.04 Å². The van der Waals surface area contributed by atoms with Crippen molar-refractivity contribution < 1.29 is 14.4 Å². The topological polar surface area (TPSA) is 97.5 Å². The molecular formula is C23H31N5O3. The van der Waals surface area contributed by atoms with Gasteiger partial charge in [0.2, 0.25) is 11.8 Å². The predicted octanol–water partition coefficient (Wildman–Crippen LogP) is 2.01. The van der Waals surface area contributed by atoms with Gasteiger partial charge in [0.15, 0.2) is 0 Å². The summed E-state index contributed by atoms with van der Waals surface area (Å²) in [6.07, 6.45) is 6.23. The van der Waals surface area contributed by atoms with E-state index >= 15 is 0 Å². The molecule has 2 aliphatic rings. The molecular weight excluding hydrogens is 394 g/mol. The zero-order chi connectivity index (χ0) is 21.8. The van der Waals surface area contributed by atoms with Crippen LogP contribution in [0.4, 0.5) is 4.79 Å². The minimum absolute atomic E-state index is 0.136. The van der Waals surface area contributed by atoms with Crippen LogP contribution in [0.1, 0.15) is 38.2 Å². The van der Waals surface area contributed by atoms with E-state index in [0.29, 0.717) is 32.6 Å². The summed E-state index contributed by atoms with van der Waals surface area (Å²) in [5.41, 5.74) is 2.36. The molecule has 1 saturated heterocycles. The van der Waals surface area contributed by atoms with Crippen molar-refractivity contribution in [1.82, 2.24) is 25.4 Å². The number of urea groups is 1. The smallest absolute Gasteiger partial charge is 0.318 e. The van der Waals surface area contributed by atoms with Gasteiger partial charge < -0.3 is 25.4 Å². The molecule has 1 aromatic heterocycles. The van der Waals surface area contributed by atoms with Gasteiger partial charge in [-0.3, -0.25) is 9.59 Å². The highest BCUT2D eigenvalue weighted by atomic mass is 16.2. The zero-order valence-corrected chi connectivity index (χ0v) is 18.0. The number of fused-ring (bicyclic) bond motifs is 1. The fraction of sp³-hybridized carbons (Fsp3) is 0.522. The minimum atomic E-state index is -0.558. The molecule has 0 spiro atoms. The molecule has 31 heavy (non-hydrogen) atoms. The number of aromatic nitrogens is 1. The molecule has 4 rings (SSSR count). The SMILES string of the molecule is C[C@@H](NC(=O)N1CCN(C(=O)CCCc2c[nH]c3ccccc23)CC1)C(=O)NC1CC1. The molecule has 4 amide bonds. The van der Waals surface area contributed by atoms with Crippen molar-refractivity contribution in [3.8, 4) is 0 Å². The van der Waals surface area contributed by atoms with Crippen LogP contribution in [0.3, 0.4) is 0 Å². The molecule has 0 radical (unpaired) electrons. The van der Waals surface area contributed by atoms with Crippen molar-refractivity contribution >= 4 is 28.7 Å². The second kappa shape index (κ2) is 9.41. The molecule has 1 atom stereocenters. The van der Waals surface area contributed by atoms with Crippen molar-refractivity contribution in [1.29, 1.82) is 0 Å². The third-order valence-corrected chi connectivity index (χ3v) is 6.09. The number of amides is 4. The zero-order valence-electron chi connectivity index (χ0n) is 18.0. The number of nitrogens with zero attached hydrogens (tertiary/aromatic N) is 2. The van der Waals surface area contributed by atoms with Gasteiger partial charge in [-0.15, -0.1) is 0 Å². The summed E-state index contributed by atoms with van der Waals surface area (Å²) >= 11 is 0. The molecule has 1 saturated carbocycles. The van der Waals surface area contributed by atoms with E-state index in [0.717, 1.165) is 31.2 Å². The molecule has 2 aromatic rings. The van der Waals surface area contributed by atoms with Gasteiger partial charge in [0, 0.05) is 55.7 Å². The number of aromatic amines is 1. The Bertz CT molecular complexity index is 944. The van der Waals surface area contributed by atoms with E-state index in [1.54, 1.807) is 11.8 Å². The highest BCUT2D eigenvalue weighted by Gasteiger charge is 2.28. The normalized spacial score (nSPS) is 17.5. The quantitative estimate of drug-likeness (QED) is 0.633. The molecule has 8 nitrogen and oxygen atoms in total. The van der Waals surface area contributed by atoms with Gasteiger partial charge in [-0.2, -0.15) is 0 Å². The lowest BCUT2D eigenvalue weighted by Gasteiger charge is -2.35. The molecule has 1 aliphatic carbocycles. The van der Waals surface area contributed by atoms with Crippen LogP contribution < -0.4 is 10.6 Å². The predicted molar refractivity (Wildman–Crippen MR) is 119 cm³/mol. The van der Waals surface area contributed by atoms with Gasteiger partial charge in [-0.1, -0.05) is 18.2 Å². The van der Waals surface area contributed by atoms with E-state index in [4.69, 9.17) is 0 Å². The summed E-state index contributed by atoms with van der Waals surface area (Å²) in [5.74, 6) is -0.00283. The molecule has 2 fully saturated rings. The van der Waals surface area contributed by atoms with Crippen molar-refractivity contribution in [3.63, 3.8) is 0 Å². The monoisotopic (exact) mass is 425 g/mol. The maximum absolute atomic E-state index is 12.6. The number of nitrogens with one attached hydrogen (secondary N) is 3. The maximum atomic E-state index is 12.6. The minimum Gasteiger partial charge on any atom is -0.361 e. The standard InChI is InChI=1S/C23H31N5O3/c1-16(22(30)26-18-9-10-18)25-23(31)28-13-11-27(12-14-28)21(29)8-4-5-17-15-24-20-7-3-2-6-19(17)20/h2-3,6-7,15-16,18,24H,4-5,8-14H2,1H3,(H,25,31)(H,26,30)/t16-/m1/s1. The van der Waals surface area contributed by atoms with Crippen LogP contribution in [-0.2, 0) is 16.0 Å². The summed E-state index contributed by atoms with van der Waals surface area (Å²) in [6, 6.07) is 7.67. The van der Waals surface area contributed by atoms with Gasteiger partial charge in [-0.25, -0.2) is 4.79 Å². The Morgan fingerprint density at radius 3 is 2.55 bits per heavy atom. The number of para-hydroxylation sites is 1. The van der Waals surface area contributed by atoms with Gasteiger partial charge >= 0.3 is 6.03 Å². The fourth-order valence-corrected chi connectivity index (χ4v) is 3.98. The number of benzene rings is 1. The van der Waals surface area contributed by atoms with Gasteiger partial charge in [0.05, 0.1) is 0 Å². The molecule has 166 valence electrons. The Kier molecular flexibility index (Phi) is 6.44. The lowest BCUT2D eigenvalue weighted by atomic mass is 10.1. The second-order valence-corrected chi connectivity index (χ2v) is 8.53. The summed E-state index contributed by atoms with van der Waals surface area (Å²) in [7, 11) is 0. The van der Waals surface area contributed by atoms with Crippen molar-refractivity contribution in [2.75, 3.05) is 26.2 Å². The summed E-state index contributed by atoms with van der Waals surface area (Å²) < 4.78 is 0. The van der Waals surface area contributed by atoms with E-state index in [1.165, 1.54) is 10.9 Å². The third kappa shape index (κ3) is 5.37. The fourth-order valence-electron chi connectivity index (χ4n) is 3.98. The van der Waals surface area contributed by atoms with Crippen LogP contribution in [0.2, 0.25) is 0 Å². The van der Waals surface area contributed by atoms with Crippen molar-refractivity contribution in [3.05, 3.63) is 36.0 Å². The molecule has 8 heteroatoms. The number of piperazine rings is 1. The molecule has 1 aromatic carbocycles. The maximum Gasteiger partial charge on any atom is 0.318 e. The van der Waals surface area contributed by atoms with Crippen LogP contribution in [0, 0.1) is 0 Å². The lowest BCUT2D eigenvalue weighted by molar-refractivity contribution is -0.132. The first-order valence-corrected chi connectivity index (χ1v) is 11.2. The second-order valence-electron chi connectivity index (χ2n) is 8.53. The Hall–Kier alpha value is -3.03. The lowest BCUT2D eigenvalue weighted by Crippen LogP contribution is -2.56. The van der Waals surface area contributed by atoms with Gasteiger partial charge in [0.25, 0.3) is 0 Å². The van der Waals surface area contributed by atoms with Crippen LogP contribution >= 0.6 is 0 Å². The highest BCUT2D eigenvalue weighted by Crippen LogP contribution is 2.20. The van der Waals surface area contributed by atoms with E-state index in [9.17, 15) is 14.4 Å². The first kappa shape index (κ1) is 21.2. The Morgan fingerprint density at radius 1 is 1.10 bits per heavy atom.